The van der Waals surface area contributed by atoms with Crippen LogP contribution in [-0.4, -0.2) is 37.3 Å². The number of nitrogens with one attached hydrogen (secondary N) is 1. The van der Waals surface area contributed by atoms with Crippen molar-refractivity contribution in [3.05, 3.63) is 18.7 Å². The molecular formula is C10H13N5O. The molecule has 1 aliphatic carbocycles. The van der Waals surface area contributed by atoms with Crippen molar-refractivity contribution >= 4 is 11.5 Å². The van der Waals surface area contributed by atoms with Gasteiger partial charge in [0.05, 0.1) is 6.10 Å². The van der Waals surface area contributed by atoms with E-state index in [1.807, 2.05) is 0 Å². The first-order valence-corrected chi connectivity index (χ1v) is 5.41. The maximum absolute atomic E-state index is 9.74. The van der Waals surface area contributed by atoms with Crippen LogP contribution in [0.1, 0.15) is 12.8 Å². The summed E-state index contributed by atoms with van der Waals surface area (Å²) in [4.78, 5) is 4.19. The lowest BCUT2D eigenvalue weighted by atomic mass is 10.2. The van der Waals surface area contributed by atoms with Gasteiger partial charge in [0.15, 0.2) is 5.82 Å². The highest BCUT2D eigenvalue weighted by Crippen LogP contribution is 2.32. The van der Waals surface area contributed by atoms with Gasteiger partial charge in [0.25, 0.3) is 0 Å². The van der Waals surface area contributed by atoms with Crippen LogP contribution < -0.4 is 5.32 Å². The van der Waals surface area contributed by atoms with E-state index in [-0.39, 0.29) is 6.10 Å². The zero-order valence-corrected chi connectivity index (χ0v) is 8.74. The molecule has 0 aliphatic heterocycles. The van der Waals surface area contributed by atoms with Gasteiger partial charge in [-0.05, 0) is 18.8 Å². The number of anilines is 1. The maximum Gasteiger partial charge on any atom is 0.203 e. The van der Waals surface area contributed by atoms with Crippen LogP contribution in [0.4, 0.5) is 5.82 Å². The van der Waals surface area contributed by atoms with Gasteiger partial charge >= 0.3 is 0 Å². The standard InChI is InChI=1S/C10H13N5O/c16-8(7-1-2-7)5-12-9-10-14-13-6-15(10)4-3-11-9/h3-4,6-8,16H,1-2,5H2,(H,11,12). The Morgan fingerprint density at radius 3 is 3.25 bits per heavy atom. The Labute approximate surface area is 92.3 Å². The highest BCUT2D eigenvalue weighted by Gasteiger charge is 2.29. The zero-order valence-electron chi connectivity index (χ0n) is 8.74. The van der Waals surface area contributed by atoms with Crippen LogP contribution in [0.15, 0.2) is 18.7 Å². The first-order valence-electron chi connectivity index (χ1n) is 5.41. The Balaban J connectivity index is 1.75. The van der Waals surface area contributed by atoms with Gasteiger partial charge in [0.2, 0.25) is 5.65 Å². The lowest BCUT2D eigenvalue weighted by molar-refractivity contribution is 0.164. The predicted octanol–water partition coefficient (Wildman–Crippen LogP) is 0.307. The Bertz CT molecular complexity index is 493. The summed E-state index contributed by atoms with van der Waals surface area (Å²) < 4.78 is 1.79. The molecule has 1 saturated carbocycles. The van der Waals surface area contributed by atoms with Crippen molar-refractivity contribution in [2.24, 2.45) is 5.92 Å². The molecule has 6 heteroatoms. The molecule has 0 bridgehead atoms. The number of hydrogen-bond donors (Lipinski definition) is 2. The number of hydrogen-bond acceptors (Lipinski definition) is 5. The van der Waals surface area contributed by atoms with Crippen molar-refractivity contribution in [2.75, 3.05) is 11.9 Å². The van der Waals surface area contributed by atoms with Crippen LogP contribution in [0, 0.1) is 5.92 Å². The van der Waals surface area contributed by atoms with E-state index < -0.39 is 0 Å². The normalized spacial score (nSPS) is 17.6. The molecule has 16 heavy (non-hydrogen) atoms. The fourth-order valence-corrected chi connectivity index (χ4v) is 1.73. The van der Waals surface area contributed by atoms with Crippen molar-refractivity contribution in [2.45, 2.75) is 18.9 Å². The first-order chi connectivity index (χ1) is 7.84. The summed E-state index contributed by atoms with van der Waals surface area (Å²) in [5.41, 5.74) is 0.686. The summed E-state index contributed by atoms with van der Waals surface area (Å²) in [7, 11) is 0. The number of aromatic nitrogens is 4. The summed E-state index contributed by atoms with van der Waals surface area (Å²) >= 11 is 0. The monoisotopic (exact) mass is 219 g/mol. The summed E-state index contributed by atoms with van der Waals surface area (Å²) in [5, 5.41) is 20.6. The summed E-state index contributed by atoms with van der Waals surface area (Å²) in [5.74, 6) is 1.13. The van der Waals surface area contributed by atoms with Gasteiger partial charge < -0.3 is 10.4 Å². The molecule has 0 saturated heterocycles. The average molecular weight is 219 g/mol. The van der Waals surface area contributed by atoms with E-state index in [4.69, 9.17) is 0 Å². The van der Waals surface area contributed by atoms with Gasteiger partial charge in [0, 0.05) is 18.9 Å². The summed E-state index contributed by atoms with van der Waals surface area (Å²) in [6.07, 6.45) is 7.07. The molecule has 2 aromatic rings. The molecular weight excluding hydrogens is 206 g/mol. The molecule has 2 aromatic heterocycles. The molecule has 3 rings (SSSR count). The molecule has 1 aliphatic rings. The predicted molar refractivity (Wildman–Crippen MR) is 58.0 cm³/mol. The molecule has 6 nitrogen and oxygen atoms in total. The van der Waals surface area contributed by atoms with E-state index in [9.17, 15) is 5.11 Å². The fraction of sp³-hybridized carbons (Fsp3) is 0.500. The van der Waals surface area contributed by atoms with Crippen molar-refractivity contribution in [3.8, 4) is 0 Å². The number of fused-ring (bicyclic) bond motifs is 1. The van der Waals surface area contributed by atoms with Crippen LogP contribution in [0.3, 0.4) is 0 Å². The minimum atomic E-state index is -0.287. The van der Waals surface area contributed by atoms with E-state index in [2.05, 4.69) is 20.5 Å². The highest BCUT2D eigenvalue weighted by atomic mass is 16.3. The molecule has 0 amide bonds. The van der Waals surface area contributed by atoms with Gasteiger partial charge in [0.1, 0.15) is 6.33 Å². The third kappa shape index (κ3) is 1.71. The summed E-state index contributed by atoms with van der Waals surface area (Å²) in [6, 6.07) is 0. The lowest BCUT2D eigenvalue weighted by Gasteiger charge is -2.10. The molecule has 84 valence electrons. The summed E-state index contributed by atoms with van der Waals surface area (Å²) in [6.45, 7) is 0.518. The number of nitrogens with zero attached hydrogens (tertiary/aromatic N) is 4. The lowest BCUT2D eigenvalue weighted by Crippen LogP contribution is -2.22. The molecule has 0 radical (unpaired) electrons. The quantitative estimate of drug-likeness (QED) is 0.774. The van der Waals surface area contributed by atoms with Gasteiger partial charge in [-0.25, -0.2) is 4.98 Å². The van der Waals surface area contributed by atoms with Crippen LogP contribution in [0.5, 0.6) is 0 Å². The number of rotatable bonds is 4. The number of aliphatic hydroxyl groups excluding tert-OH is 1. The minimum Gasteiger partial charge on any atom is -0.391 e. The van der Waals surface area contributed by atoms with E-state index in [1.54, 1.807) is 23.1 Å². The van der Waals surface area contributed by atoms with Crippen LogP contribution in [-0.2, 0) is 0 Å². The molecule has 2 N–H and O–H groups in total. The third-order valence-corrected chi connectivity index (χ3v) is 2.86. The van der Waals surface area contributed by atoms with E-state index in [0.29, 0.717) is 23.9 Å². The van der Waals surface area contributed by atoms with E-state index in [0.717, 1.165) is 12.8 Å². The SMILES string of the molecule is OC(CNc1nccn2cnnc12)C1CC1. The molecule has 0 spiro atoms. The van der Waals surface area contributed by atoms with Crippen LogP contribution >= 0.6 is 0 Å². The van der Waals surface area contributed by atoms with E-state index in [1.165, 1.54) is 0 Å². The fourth-order valence-electron chi connectivity index (χ4n) is 1.73. The molecule has 0 aromatic carbocycles. The molecule has 1 fully saturated rings. The van der Waals surface area contributed by atoms with Gasteiger partial charge in [-0.1, -0.05) is 0 Å². The van der Waals surface area contributed by atoms with Crippen LogP contribution in [0.2, 0.25) is 0 Å². The second-order valence-electron chi connectivity index (χ2n) is 4.12. The molecule has 1 atom stereocenters. The molecule has 1 unspecified atom stereocenters. The van der Waals surface area contributed by atoms with Gasteiger partial charge in [-0.2, -0.15) is 0 Å². The highest BCUT2D eigenvalue weighted by molar-refractivity contribution is 5.61. The van der Waals surface area contributed by atoms with Crippen molar-refractivity contribution in [1.82, 2.24) is 19.6 Å². The smallest absolute Gasteiger partial charge is 0.203 e. The molecule has 2 heterocycles. The van der Waals surface area contributed by atoms with E-state index >= 15 is 0 Å². The Kier molecular flexibility index (Phi) is 2.21. The first kappa shape index (κ1) is 9.53. The average Bonchev–Trinajstić information content (AvgIpc) is 3.04. The third-order valence-electron chi connectivity index (χ3n) is 2.86. The minimum absolute atomic E-state index is 0.287. The Hall–Kier alpha value is -1.69. The Morgan fingerprint density at radius 2 is 2.44 bits per heavy atom. The van der Waals surface area contributed by atoms with Crippen molar-refractivity contribution < 1.29 is 5.11 Å². The van der Waals surface area contributed by atoms with Gasteiger partial charge in [-0.15, -0.1) is 10.2 Å². The largest absolute Gasteiger partial charge is 0.391 e. The maximum atomic E-state index is 9.74. The zero-order chi connectivity index (χ0) is 11.0. The van der Waals surface area contributed by atoms with Gasteiger partial charge in [-0.3, -0.25) is 4.40 Å². The second kappa shape index (κ2) is 3.71. The Morgan fingerprint density at radius 1 is 1.56 bits per heavy atom. The van der Waals surface area contributed by atoms with Crippen LogP contribution in [0.25, 0.3) is 5.65 Å². The second-order valence-corrected chi connectivity index (χ2v) is 4.12. The van der Waals surface area contributed by atoms with Crippen molar-refractivity contribution in [1.29, 1.82) is 0 Å². The topological polar surface area (TPSA) is 75.3 Å². The number of aliphatic hydroxyl groups is 1. The van der Waals surface area contributed by atoms with Crippen molar-refractivity contribution in [3.63, 3.8) is 0 Å².